The highest BCUT2D eigenvalue weighted by atomic mass is 16.2. The second-order valence-electron chi connectivity index (χ2n) is 4.30. The predicted octanol–water partition coefficient (Wildman–Crippen LogP) is 3.87. The van der Waals surface area contributed by atoms with Crippen LogP contribution in [0, 0.1) is 0 Å². The molecule has 0 saturated heterocycles. The van der Waals surface area contributed by atoms with Crippen LogP contribution in [-0.4, -0.2) is 10.8 Å². The van der Waals surface area contributed by atoms with E-state index in [4.69, 9.17) is 0 Å². The van der Waals surface area contributed by atoms with Crippen molar-refractivity contribution in [1.82, 2.24) is 4.90 Å². The lowest BCUT2D eigenvalue weighted by Crippen LogP contribution is -2.23. The van der Waals surface area contributed by atoms with E-state index in [-0.39, 0.29) is 5.91 Å². The van der Waals surface area contributed by atoms with Gasteiger partial charge in [-0.1, -0.05) is 62.4 Å². The van der Waals surface area contributed by atoms with Crippen molar-refractivity contribution >= 4 is 5.91 Å². The highest BCUT2D eigenvalue weighted by Crippen LogP contribution is 2.23. The molecule has 19 heavy (non-hydrogen) atoms. The molecule has 2 heteroatoms. The van der Waals surface area contributed by atoms with Gasteiger partial charge in [0.25, 0.3) is 5.91 Å². The molecular formula is C17H19NO. The molecule has 2 nitrogen and oxygen atoms in total. The normalized spacial score (nSPS) is 12.7. The third kappa shape index (κ3) is 2.84. The summed E-state index contributed by atoms with van der Waals surface area (Å²) < 4.78 is 0. The summed E-state index contributed by atoms with van der Waals surface area (Å²) in [7, 11) is 0. The van der Waals surface area contributed by atoms with Crippen LogP contribution >= 0.6 is 0 Å². The molecule has 0 bridgehead atoms. The van der Waals surface area contributed by atoms with Crippen molar-refractivity contribution in [2.24, 2.45) is 0 Å². The zero-order valence-corrected chi connectivity index (χ0v) is 11.5. The monoisotopic (exact) mass is 253 g/mol. The number of carbonyl (C=O) groups excluding carboxylic acids is 1. The Labute approximate surface area is 114 Å². The summed E-state index contributed by atoms with van der Waals surface area (Å²) >= 11 is 0. The summed E-state index contributed by atoms with van der Waals surface area (Å²) in [5.41, 5.74) is 3.16. The van der Waals surface area contributed by atoms with E-state index in [1.54, 1.807) is 0 Å². The smallest absolute Gasteiger partial charge is 0.254 e. The fourth-order valence-corrected chi connectivity index (χ4v) is 2.25. The summed E-state index contributed by atoms with van der Waals surface area (Å²) in [5.74, 6) is 0.143. The molecule has 0 fully saturated rings. The minimum Gasteiger partial charge on any atom is -0.330 e. The minimum absolute atomic E-state index is 0.143. The van der Waals surface area contributed by atoms with E-state index in [9.17, 15) is 4.79 Å². The molecule has 0 aromatic heterocycles. The molecule has 0 unspecified atom stereocenters. The summed E-state index contributed by atoms with van der Waals surface area (Å²) in [4.78, 5) is 14.0. The number of rotatable bonds is 2. The van der Waals surface area contributed by atoms with E-state index >= 15 is 0 Å². The number of hydrogen-bond acceptors (Lipinski definition) is 1. The van der Waals surface area contributed by atoms with Crippen LogP contribution in [0.5, 0.6) is 0 Å². The van der Waals surface area contributed by atoms with E-state index in [1.165, 1.54) is 5.56 Å². The van der Waals surface area contributed by atoms with Gasteiger partial charge in [-0.05, 0) is 17.2 Å². The van der Waals surface area contributed by atoms with Crippen LogP contribution in [0.4, 0.5) is 0 Å². The van der Waals surface area contributed by atoms with Crippen LogP contribution in [-0.2, 0) is 13.1 Å². The van der Waals surface area contributed by atoms with Crippen LogP contribution in [0.25, 0.3) is 0 Å². The summed E-state index contributed by atoms with van der Waals surface area (Å²) in [5, 5.41) is 0. The van der Waals surface area contributed by atoms with Crippen LogP contribution in [0.3, 0.4) is 0 Å². The Morgan fingerprint density at radius 2 is 1.58 bits per heavy atom. The first-order valence-corrected chi connectivity index (χ1v) is 6.76. The Bertz CT molecular complexity index is 548. The quantitative estimate of drug-likeness (QED) is 0.795. The number of amides is 1. The fraction of sp³-hybridized carbons (Fsp3) is 0.235. The van der Waals surface area contributed by atoms with Gasteiger partial charge in [-0.25, -0.2) is 0 Å². The molecule has 1 heterocycles. The fourth-order valence-electron chi connectivity index (χ4n) is 2.25. The van der Waals surface area contributed by atoms with Crippen LogP contribution in [0.1, 0.15) is 35.3 Å². The van der Waals surface area contributed by atoms with E-state index in [1.807, 2.05) is 61.2 Å². The number of hydrogen-bond donors (Lipinski definition) is 0. The molecule has 0 radical (unpaired) electrons. The lowest BCUT2D eigenvalue weighted by Gasteiger charge is -2.15. The second-order valence-corrected chi connectivity index (χ2v) is 4.30. The highest BCUT2D eigenvalue weighted by Gasteiger charge is 2.26. The second kappa shape index (κ2) is 6.19. The molecule has 98 valence electrons. The van der Waals surface area contributed by atoms with Crippen molar-refractivity contribution in [2.45, 2.75) is 26.9 Å². The molecule has 0 atom stereocenters. The lowest BCUT2D eigenvalue weighted by molar-refractivity contribution is 0.0766. The summed E-state index contributed by atoms with van der Waals surface area (Å²) in [6.07, 6.45) is 0. The van der Waals surface area contributed by atoms with Crippen LogP contribution in [0.15, 0.2) is 54.6 Å². The van der Waals surface area contributed by atoms with Gasteiger partial charge < -0.3 is 4.90 Å². The van der Waals surface area contributed by atoms with Crippen molar-refractivity contribution < 1.29 is 4.79 Å². The van der Waals surface area contributed by atoms with E-state index < -0.39 is 0 Å². The number of fused-ring (bicyclic) bond motifs is 1. The van der Waals surface area contributed by atoms with Crippen molar-refractivity contribution in [2.75, 3.05) is 0 Å². The standard InChI is InChI=1S/C15H13NO.C2H6/c17-15-14-9-5-4-8-13(14)11-16(15)10-12-6-2-1-3-7-12;1-2/h1-9H,10-11H2;1-2H3. The Balaban J connectivity index is 0.000000637. The maximum absolute atomic E-state index is 12.1. The van der Waals surface area contributed by atoms with E-state index in [0.29, 0.717) is 6.54 Å². The average Bonchev–Trinajstić information content (AvgIpc) is 2.79. The third-order valence-electron chi connectivity index (χ3n) is 3.11. The van der Waals surface area contributed by atoms with Gasteiger partial charge in [0.05, 0.1) is 0 Å². The molecule has 0 saturated carbocycles. The van der Waals surface area contributed by atoms with Crippen molar-refractivity contribution in [1.29, 1.82) is 0 Å². The molecule has 0 spiro atoms. The minimum atomic E-state index is 0.143. The molecule has 1 amide bonds. The van der Waals surface area contributed by atoms with Crippen molar-refractivity contribution in [3.8, 4) is 0 Å². The topological polar surface area (TPSA) is 20.3 Å². The average molecular weight is 253 g/mol. The first-order valence-electron chi connectivity index (χ1n) is 6.76. The zero-order valence-electron chi connectivity index (χ0n) is 11.5. The number of benzene rings is 2. The van der Waals surface area contributed by atoms with Gasteiger partial charge in [0.15, 0.2) is 0 Å². The Kier molecular flexibility index (Phi) is 4.35. The van der Waals surface area contributed by atoms with Crippen molar-refractivity contribution in [3.63, 3.8) is 0 Å². The van der Waals surface area contributed by atoms with Gasteiger partial charge in [0.1, 0.15) is 0 Å². The molecular weight excluding hydrogens is 234 g/mol. The van der Waals surface area contributed by atoms with Gasteiger partial charge >= 0.3 is 0 Å². The van der Waals surface area contributed by atoms with Gasteiger partial charge in [0.2, 0.25) is 0 Å². The van der Waals surface area contributed by atoms with E-state index in [2.05, 4.69) is 12.1 Å². The molecule has 1 aliphatic heterocycles. The maximum atomic E-state index is 12.1. The molecule has 3 rings (SSSR count). The summed E-state index contributed by atoms with van der Waals surface area (Å²) in [6.45, 7) is 5.41. The number of carbonyl (C=O) groups is 1. The molecule has 1 aliphatic rings. The van der Waals surface area contributed by atoms with Crippen LogP contribution < -0.4 is 0 Å². The predicted molar refractivity (Wildman–Crippen MR) is 77.8 cm³/mol. The lowest BCUT2D eigenvalue weighted by atomic mass is 10.1. The first kappa shape index (κ1) is 13.3. The number of nitrogens with zero attached hydrogens (tertiary/aromatic N) is 1. The van der Waals surface area contributed by atoms with Gasteiger partial charge in [-0.3, -0.25) is 4.79 Å². The van der Waals surface area contributed by atoms with Gasteiger partial charge in [0, 0.05) is 18.7 Å². The summed E-state index contributed by atoms with van der Waals surface area (Å²) in [6, 6.07) is 17.9. The zero-order chi connectivity index (χ0) is 13.7. The van der Waals surface area contributed by atoms with E-state index in [0.717, 1.165) is 17.7 Å². The van der Waals surface area contributed by atoms with Gasteiger partial charge in [-0.2, -0.15) is 0 Å². The maximum Gasteiger partial charge on any atom is 0.254 e. The highest BCUT2D eigenvalue weighted by molar-refractivity contribution is 5.98. The van der Waals surface area contributed by atoms with Crippen LogP contribution in [0.2, 0.25) is 0 Å². The molecule has 2 aromatic carbocycles. The molecule has 0 aliphatic carbocycles. The largest absolute Gasteiger partial charge is 0.330 e. The Morgan fingerprint density at radius 3 is 2.26 bits per heavy atom. The molecule has 2 aromatic rings. The SMILES string of the molecule is CC.O=C1c2ccccc2CN1Cc1ccccc1. The third-order valence-corrected chi connectivity index (χ3v) is 3.11. The van der Waals surface area contributed by atoms with Crippen molar-refractivity contribution in [3.05, 3.63) is 71.3 Å². The Morgan fingerprint density at radius 1 is 0.947 bits per heavy atom. The first-order chi connectivity index (χ1) is 9.34. The van der Waals surface area contributed by atoms with Gasteiger partial charge in [-0.15, -0.1) is 0 Å². The Hall–Kier alpha value is -2.09. The molecule has 0 N–H and O–H groups in total.